The molecule has 1 heterocycles. The molecule has 214 valence electrons. The van der Waals surface area contributed by atoms with Crippen LogP contribution in [0.15, 0.2) is 168 Å². The minimum atomic E-state index is -3.78. The van der Waals surface area contributed by atoms with E-state index >= 15 is 9.13 Å². The zero-order chi connectivity index (χ0) is 30.1. The highest BCUT2D eigenvalue weighted by Crippen LogP contribution is 2.55. The van der Waals surface area contributed by atoms with E-state index in [0.717, 1.165) is 0 Å². The predicted molar refractivity (Wildman–Crippen MR) is 180 cm³/mol. The molecule has 4 aromatic rings. The monoisotopic (exact) mass is 620 g/mol. The molecule has 43 heavy (non-hydrogen) atoms. The van der Waals surface area contributed by atoms with Crippen molar-refractivity contribution in [3.8, 4) is 0 Å². The molecule has 0 fully saturated rings. The van der Waals surface area contributed by atoms with E-state index in [0.29, 0.717) is 44.1 Å². The van der Waals surface area contributed by atoms with Crippen molar-refractivity contribution in [2.45, 2.75) is 17.0 Å². The molecule has 6 rings (SSSR count). The second kappa shape index (κ2) is 11.6. The third-order valence-corrected chi connectivity index (χ3v) is 16.0. The zero-order valence-corrected chi connectivity index (χ0v) is 26.0. The van der Waals surface area contributed by atoms with Crippen molar-refractivity contribution >= 4 is 50.9 Å². The number of hydrogen-bond donors (Lipinski definition) is 0. The molecule has 2 unspecified atom stereocenters. The predicted octanol–water partition coefficient (Wildman–Crippen LogP) is 7.10. The molecule has 4 nitrogen and oxygen atoms in total. The lowest BCUT2D eigenvalue weighted by molar-refractivity contribution is 0.582. The van der Waals surface area contributed by atoms with E-state index in [-0.39, 0.29) is 10.6 Å². The third-order valence-electron chi connectivity index (χ3n) is 7.93. The van der Waals surface area contributed by atoms with Crippen LogP contribution < -0.4 is 21.2 Å². The van der Waals surface area contributed by atoms with Gasteiger partial charge in [0.25, 0.3) is 0 Å². The Kier molecular flexibility index (Phi) is 7.83. The molecule has 2 aliphatic rings. The van der Waals surface area contributed by atoms with Gasteiger partial charge in [0.2, 0.25) is 9.84 Å². The maximum Gasteiger partial charge on any atom is 0.201 e. The molecule has 1 aliphatic carbocycles. The van der Waals surface area contributed by atoms with Gasteiger partial charge in [-0.05, 0) is 36.3 Å². The SMILES string of the molecule is C=C/C(=C\C1=CS(=O)(=O)c2ccc(P(=O)(c3ccccc3)C3C=CC=CC3)cc21)P(=O)(c1ccccc1)c1ccccc1. The van der Waals surface area contributed by atoms with E-state index in [4.69, 9.17) is 0 Å². The number of benzene rings is 4. The lowest BCUT2D eigenvalue weighted by Gasteiger charge is -2.27. The van der Waals surface area contributed by atoms with E-state index in [2.05, 4.69) is 6.58 Å². The largest absolute Gasteiger partial charge is 0.313 e. The van der Waals surface area contributed by atoms with Gasteiger partial charge in [0.05, 0.1) is 4.90 Å². The van der Waals surface area contributed by atoms with Gasteiger partial charge >= 0.3 is 0 Å². The van der Waals surface area contributed by atoms with Crippen LogP contribution in [-0.4, -0.2) is 14.1 Å². The Hall–Kier alpha value is -4.01. The van der Waals surface area contributed by atoms with Crippen LogP contribution >= 0.6 is 14.3 Å². The Bertz CT molecular complexity index is 1980. The van der Waals surface area contributed by atoms with E-state index in [1.807, 2.05) is 115 Å². The Balaban J connectivity index is 1.54. The fourth-order valence-electron chi connectivity index (χ4n) is 5.78. The van der Waals surface area contributed by atoms with Crippen LogP contribution in [0.25, 0.3) is 5.57 Å². The van der Waals surface area contributed by atoms with Crippen molar-refractivity contribution in [1.29, 1.82) is 0 Å². The molecule has 0 radical (unpaired) electrons. The molecular weight excluding hydrogens is 590 g/mol. The van der Waals surface area contributed by atoms with E-state index in [1.54, 1.807) is 30.4 Å². The van der Waals surface area contributed by atoms with Gasteiger partial charge in [0.15, 0.2) is 7.14 Å². The average molecular weight is 621 g/mol. The third kappa shape index (κ3) is 5.12. The summed E-state index contributed by atoms with van der Waals surface area (Å²) in [4.78, 5) is 0.138. The minimum absolute atomic E-state index is 0.138. The van der Waals surface area contributed by atoms with Crippen molar-refractivity contribution in [3.05, 3.63) is 169 Å². The number of sulfone groups is 1. The molecule has 0 N–H and O–H groups in total. The molecule has 0 amide bonds. The van der Waals surface area contributed by atoms with Crippen LogP contribution in [0, 0.1) is 0 Å². The van der Waals surface area contributed by atoms with Gasteiger partial charge in [-0.3, -0.25) is 0 Å². The molecule has 2 atom stereocenters. The average Bonchev–Trinajstić information content (AvgIpc) is 3.32. The summed E-state index contributed by atoms with van der Waals surface area (Å²) in [6.07, 6.45) is 11.7. The molecule has 1 aliphatic heterocycles. The minimum Gasteiger partial charge on any atom is -0.313 e. The summed E-state index contributed by atoms with van der Waals surface area (Å²) in [6.45, 7) is 3.99. The van der Waals surface area contributed by atoms with Crippen LogP contribution in [0.4, 0.5) is 0 Å². The maximum atomic E-state index is 15.1. The molecule has 7 heteroatoms. The first-order valence-corrected chi connectivity index (χ1v) is 19.0. The highest BCUT2D eigenvalue weighted by atomic mass is 32.2. The smallest absolute Gasteiger partial charge is 0.201 e. The quantitative estimate of drug-likeness (QED) is 0.156. The van der Waals surface area contributed by atoms with Gasteiger partial charge in [0, 0.05) is 43.2 Å². The second-order valence-electron chi connectivity index (χ2n) is 10.5. The topological polar surface area (TPSA) is 68.3 Å². The van der Waals surface area contributed by atoms with Crippen molar-refractivity contribution in [2.24, 2.45) is 0 Å². The van der Waals surface area contributed by atoms with Crippen molar-refractivity contribution < 1.29 is 17.5 Å². The summed E-state index contributed by atoms with van der Waals surface area (Å²) < 4.78 is 56.9. The molecule has 0 aromatic heterocycles. The van der Waals surface area contributed by atoms with Crippen LogP contribution in [-0.2, 0) is 19.0 Å². The highest BCUT2D eigenvalue weighted by Gasteiger charge is 2.38. The van der Waals surface area contributed by atoms with Gasteiger partial charge in [-0.25, -0.2) is 8.42 Å². The van der Waals surface area contributed by atoms with Gasteiger partial charge in [-0.1, -0.05) is 128 Å². The number of hydrogen-bond acceptors (Lipinski definition) is 4. The van der Waals surface area contributed by atoms with Crippen molar-refractivity contribution in [3.63, 3.8) is 0 Å². The van der Waals surface area contributed by atoms with Gasteiger partial charge in [0.1, 0.15) is 7.14 Å². The Labute approximate surface area is 253 Å². The van der Waals surface area contributed by atoms with Crippen molar-refractivity contribution in [1.82, 2.24) is 0 Å². The van der Waals surface area contributed by atoms with E-state index < -0.39 is 24.1 Å². The Morgan fingerprint density at radius 2 is 1.33 bits per heavy atom. The number of fused-ring (bicyclic) bond motifs is 1. The standard InChI is InChI=1S/C36H30O4P2S/c1-2-29(41(37,30-15-7-3-8-16-30)31-17-9-4-10-18-31)25-28-27-43(39,40)36-24-23-34(26-35(28)36)42(38,32-19-11-5-12-20-32)33-21-13-6-14-22-33/h2-21,23-27,33H,1,22H2/b29-25+. The highest BCUT2D eigenvalue weighted by molar-refractivity contribution is 7.95. The Morgan fingerprint density at radius 3 is 1.86 bits per heavy atom. The summed E-state index contributed by atoms with van der Waals surface area (Å²) in [5.41, 5.74) is 0.563. The summed E-state index contributed by atoms with van der Waals surface area (Å²) in [6, 6.07) is 32.7. The summed E-state index contributed by atoms with van der Waals surface area (Å²) in [5.74, 6) is 0. The summed E-state index contributed by atoms with van der Waals surface area (Å²) >= 11 is 0. The number of allylic oxidation sites excluding steroid dienone is 8. The normalized spacial score (nSPS) is 18.8. The second-order valence-corrected chi connectivity index (χ2v) is 18.0. The summed E-state index contributed by atoms with van der Waals surface area (Å²) in [7, 11) is -10.4. The molecule has 0 saturated carbocycles. The first kappa shape index (κ1) is 29.1. The lowest BCUT2D eigenvalue weighted by atomic mass is 10.1. The first-order chi connectivity index (χ1) is 20.8. The lowest BCUT2D eigenvalue weighted by Crippen LogP contribution is -2.25. The van der Waals surface area contributed by atoms with E-state index in [1.165, 1.54) is 5.41 Å². The fraction of sp³-hybridized carbons (Fsp3) is 0.0556. The van der Waals surface area contributed by atoms with Crippen LogP contribution in [0.2, 0.25) is 0 Å². The van der Waals surface area contributed by atoms with Gasteiger partial charge in [-0.2, -0.15) is 0 Å². The molecule has 0 spiro atoms. The van der Waals surface area contributed by atoms with Gasteiger partial charge < -0.3 is 9.13 Å². The fourth-order valence-corrected chi connectivity index (χ4v) is 12.9. The van der Waals surface area contributed by atoms with E-state index in [9.17, 15) is 8.42 Å². The van der Waals surface area contributed by atoms with Crippen LogP contribution in [0.3, 0.4) is 0 Å². The van der Waals surface area contributed by atoms with Gasteiger partial charge in [-0.15, -0.1) is 0 Å². The molecular formula is C36H30O4P2S. The summed E-state index contributed by atoms with van der Waals surface area (Å²) in [5, 5.41) is 4.15. The molecule has 0 bridgehead atoms. The number of rotatable bonds is 8. The molecule has 4 aromatic carbocycles. The van der Waals surface area contributed by atoms with Crippen LogP contribution in [0.1, 0.15) is 12.0 Å². The Morgan fingerprint density at radius 1 is 0.744 bits per heavy atom. The molecule has 0 saturated heterocycles. The van der Waals surface area contributed by atoms with Crippen molar-refractivity contribution in [2.75, 3.05) is 0 Å². The maximum absolute atomic E-state index is 15.1. The zero-order valence-electron chi connectivity index (χ0n) is 23.4. The first-order valence-electron chi connectivity index (χ1n) is 13.9. The van der Waals surface area contributed by atoms with Crippen LogP contribution in [0.5, 0.6) is 0 Å².